The van der Waals surface area contributed by atoms with Gasteiger partial charge >= 0.3 is 0 Å². The quantitative estimate of drug-likeness (QED) is 0.733. The fourth-order valence-corrected chi connectivity index (χ4v) is 3.67. The highest BCUT2D eigenvalue weighted by Gasteiger charge is 2.16. The van der Waals surface area contributed by atoms with Gasteiger partial charge < -0.3 is 10.2 Å². The average molecular weight is 314 g/mol. The largest absolute Gasteiger partial charge is 0.390 e. The van der Waals surface area contributed by atoms with E-state index in [1.165, 1.54) is 0 Å². The lowest BCUT2D eigenvalue weighted by Gasteiger charge is -2.17. The molecule has 0 fully saturated rings. The molecule has 0 heterocycles. The van der Waals surface area contributed by atoms with E-state index in [-0.39, 0.29) is 5.75 Å². The average Bonchev–Trinajstić information content (AvgIpc) is 2.45. The van der Waals surface area contributed by atoms with E-state index in [1.54, 1.807) is 18.2 Å². The van der Waals surface area contributed by atoms with Crippen LogP contribution in [-0.2, 0) is 16.3 Å². The van der Waals surface area contributed by atoms with E-state index >= 15 is 0 Å². The summed E-state index contributed by atoms with van der Waals surface area (Å²) in [5.41, 5.74) is 0.870. The molecule has 0 saturated carbocycles. The number of sulfone groups is 1. The molecule has 1 rings (SSSR count). The van der Waals surface area contributed by atoms with Crippen LogP contribution < -0.4 is 0 Å². The van der Waals surface area contributed by atoms with Crippen molar-refractivity contribution >= 4 is 9.84 Å². The normalized spacial score (nSPS) is 14.9. The molecule has 0 aliphatic carbocycles. The Morgan fingerprint density at radius 2 is 1.71 bits per heavy atom. The number of aliphatic hydroxyl groups excluding tert-OH is 2. The Morgan fingerprint density at radius 1 is 1.05 bits per heavy atom. The van der Waals surface area contributed by atoms with E-state index in [0.717, 1.165) is 12.0 Å². The van der Waals surface area contributed by atoms with Gasteiger partial charge in [-0.3, -0.25) is 0 Å². The Morgan fingerprint density at radius 3 is 2.33 bits per heavy atom. The summed E-state index contributed by atoms with van der Waals surface area (Å²) in [5.74, 6) is 0.147. The molecule has 0 aliphatic rings. The second-order valence-electron chi connectivity index (χ2n) is 5.43. The first-order chi connectivity index (χ1) is 9.90. The van der Waals surface area contributed by atoms with Gasteiger partial charge in [0.2, 0.25) is 0 Å². The van der Waals surface area contributed by atoms with Crippen molar-refractivity contribution < 1.29 is 18.6 Å². The monoisotopic (exact) mass is 314 g/mol. The van der Waals surface area contributed by atoms with Crippen LogP contribution >= 0.6 is 0 Å². The van der Waals surface area contributed by atoms with Crippen LogP contribution in [0, 0.1) is 0 Å². The number of aliphatic hydroxyl groups is 2. The molecule has 0 spiro atoms. The first kappa shape index (κ1) is 18.1. The van der Waals surface area contributed by atoms with Crippen molar-refractivity contribution in [3.8, 4) is 0 Å². The van der Waals surface area contributed by atoms with E-state index in [2.05, 4.69) is 0 Å². The molecule has 1 aromatic carbocycles. The maximum absolute atomic E-state index is 12.0. The van der Waals surface area contributed by atoms with Gasteiger partial charge in [0, 0.05) is 0 Å². The third kappa shape index (κ3) is 5.77. The van der Waals surface area contributed by atoms with Crippen LogP contribution in [0.25, 0.3) is 0 Å². The fourth-order valence-electron chi connectivity index (χ4n) is 2.28. The van der Waals surface area contributed by atoms with Crippen LogP contribution in [-0.4, -0.2) is 36.6 Å². The standard InChI is InChI=1S/C16H26O4S/c1-3-6-15(17)16(18)10-9-13-7-5-8-14(12-13)21(19,20)11-4-2/h5,7-8,12,15-18H,3-4,6,9-11H2,1-2H3. The summed E-state index contributed by atoms with van der Waals surface area (Å²) in [7, 11) is -3.21. The Kier molecular flexibility index (Phi) is 7.35. The molecular weight excluding hydrogens is 288 g/mol. The van der Waals surface area contributed by atoms with Crippen molar-refractivity contribution in [2.45, 2.75) is 63.1 Å². The molecule has 5 heteroatoms. The molecule has 2 N–H and O–H groups in total. The van der Waals surface area contributed by atoms with Crippen molar-refractivity contribution in [1.82, 2.24) is 0 Å². The number of rotatable bonds is 9. The second kappa shape index (κ2) is 8.51. The highest BCUT2D eigenvalue weighted by atomic mass is 32.2. The molecule has 2 atom stereocenters. The van der Waals surface area contributed by atoms with Crippen LogP contribution in [0.1, 0.15) is 45.1 Å². The summed E-state index contributed by atoms with van der Waals surface area (Å²) in [4.78, 5) is 0.338. The van der Waals surface area contributed by atoms with E-state index in [9.17, 15) is 18.6 Å². The lowest BCUT2D eigenvalue weighted by Crippen LogP contribution is -2.26. The van der Waals surface area contributed by atoms with Crippen LogP contribution in [0.15, 0.2) is 29.2 Å². The molecule has 21 heavy (non-hydrogen) atoms. The van der Waals surface area contributed by atoms with Gasteiger partial charge in [0.15, 0.2) is 9.84 Å². The summed E-state index contributed by atoms with van der Waals surface area (Å²) >= 11 is 0. The number of hydrogen-bond donors (Lipinski definition) is 2. The van der Waals surface area contributed by atoms with Gasteiger partial charge in [0.05, 0.1) is 22.9 Å². The molecule has 4 nitrogen and oxygen atoms in total. The zero-order chi connectivity index (χ0) is 15.9. The second-order valence-corrected chi connectivity index (χ2v) is 7.54. The van der Waals surface area contributed by atoms with Crippen molar-refractivity contribution in [2.75, 3.05) is 5.75 Å². The van der Waals surface area contributed by atoms with E-state index in [1.807, 2.05) is 19.9 Å². The minimum absolute atomic E-state index is 0.147. The number of hydrogen-bond acceptors (Lipinski definition) is 4. The maximum Gasteiger partial charge on any atom is 0.178 e. The highest BCUT2D eigenvalue weighted by molar-refractivity contribution is 7.91. The maximum atomic E-state index is 12.0. The van der Waals surface area contributed by atoms with Crippen LogP contribution in [0.4, 0.5) is 0 Å². The topological polar surface area (TPSA) is 74.6 Å². The first-order valence-electron chi connectivity index (χ1n) is 7.58. The van der Waals surface area contributed by atoms with Crippen molar-refractivity contribution in [3.63, 3.8) is 0 Å². The Balaban J connectivity index is 2.69. The van der Waals surface area contributed by atoms with Crippen molar-refractivity contribution in [1.29, 1.82) is 0 Å². The third-order valence-corrected chi connectivity index (χ3v) is 5.41. The predicted molar refractivity (Wildman–Crippen MR) is 84.0 cm³/mol. The fraction of sp³-hybridized carbons (Fsp3) is 0.625. The summed E-state index contributed by atoms with van der Waals surface area (Å²) in [6.07, 6.45) is 1.50. The van der Waals surface area contributed by atoms with Gasteiger partial charge in [0.25, 0.3) is 0 Å². The Labute approximate surface area is 127 Å². The summed E-state index contributed by atoms with van der Waals surface area (Å²) < 4.78 is 24.1. The van der Waals surface area contributed by atoms with Gasteiger partial charge in [-0.1, -0.05) is 32.4 Å². The number of benzene rings is 1. The zero-order valence-electron chi connectivity index (χ0n) is 12.8. The van der Waals surface area contributed by atoms with E-state index < -0.39 is 22.0 Å². The van der Waals surface area contributed by atoms with Gasteiger partial charge in [0.1, 0.15) is 0 Å². The lowest BCUT2D eigenvalue weighted by molar-refractivity contribution is 0.00980. The third-order valence-electron chi connectivity index (χ3n) is 3.49. The molecule has 0 radical (unpaired) electrons. The van der Waals surface area contributed by atoms with E-state index in [0.29, 0.717) is 30.6 Å². The molecule has 0 saturated heterocycles. The summed E-state index contributed by atoms with van der Waals surface area (Å²) in [6.45, 7) is 3.80. The Bertz CT molecular complexity index is 525. The number of aryl methyl sites for hydroxylation is 1. The molecule has 0 aromatic heterocycles. The summed E-state index contributed by atoms with van der Waals surface area (Å²) in [5, 5.41) is 19.6. The Hall–Kier alpha value is -0.910. The lowest BCUT2D eigenvalue weighted by atomic mass is 10.0. The van der Waals surface area contributed by atoms with Gasteiger partial charge in [-0.05, 0) is 43.4 Å². The molecule has 2 unspecified atom stereocenters. The molecule has 0 amide bonds. The molecule has 0 aliphatic heterocycles. The van der Waals surface area contributed by atoms with Crippen LogP contribution in [0.5, 0.6) is 0 Å². The van der Waals surface area contributed by atoms with Crippen LogP contribution in [0.2, 0.25) is 0 Å². The predicted octanol–water partition coefficient (Wildman–Crippen LogP) is 2.32. The van der Waals surface area contributed by atoms with Gasteiger partial charge in [-0.25, -0.2) is 8.42 Å². The first-order valence-corrected chi connectivity index (χ1v) is 9.23. The molecule has 1 aromatic rings. The highest BCUT2D eigenvalue weighted by Crippen LogP contribution is 2.17. The van der Waals surface area contributed by atoms with Crippen molar-refractivity contribution in [3.05, 3.63) is 29.8 Å². The SMILES string of the molecule is CCCC(O)C(O)CCc1cccc(S(=O)(=O)CCC)c1. The van der Waals surface area contributed by atoms with Crippen LogP contribution in [0.3, 0.4) is 0 Å². The smallest absolute Gasteiger partial charge is 0.178 e. The van der Waals surface area contributed by atoms with E-state index in [4.69, 9.17) is 0 Å². The zero-order valence-corrected chi connectivity index (χ0v) is 13.6. The minimum Gasteiger partial charge on any atom is -0.390 e. The molecular formula is C16H26O4S. The molecule has 120 valence electrons. The van der Waals surface area contributed by atoms with Gasteiger partial charge in [-0.2, -0.15) is 0 Å². The molecule has 0 bridgehead atoms. The van der Waals surface area contributed by atoms with Crippen molar-refractivity contribution in [2.24, 2.45) is 0 Å². The minimum atomic E-state index is -3.21. The van der Waals surface area contributed by atoms with Gasteiger partial charge in [-0.15, -0.1) is 0 Å². The summed E-state index contributed by atoms with van der Waals surface area (Å²) in [6, 6.07) is 6.86.